The van der Waals surface area contributed by atoms with Crippen LogP contribution < -0.4 is 4.90 Å². The third kappa shape index (κ3) is 2.89. The maximum absolute atomic E-state index is 8.73. The number of hydrogen-bond donors (Lipinski definition) is 1. The zero-order chi connectivity index (χ0) is 10.6. The van der Waals surface area contributed by atoms with E-state index in [9.17, 15) is 0 Å². The Hall–Kier alpha value is -0.730. The first-order chi connectivity index (χ1) is 6.65. The molecule has 3 heteroatoms. The molecule has 78 valence electrons. The Morgan fingerprint density at radius 1 is 1.43 bits per heavy atom. The van der Waals surface area contributed by atoms with Crippen molar-refractivity contribution in [3.8, 4) is 0 Å². The Bertz CT molecular complexity index is 301. The summed E-state index contributed by atoms with van der Waals surface area (Å²) in [5, 5.41) is 9.49. The molecule has 2 nitrogen and oxygen atoms in total. The van der Waals surface area contributed by atoms with Gasteiger partial charge < -0.3 is 10.0 Å². The Morgan fingerprint density at radius 2 is 2.14 bits per heavy atom. The van der Waals surface area contributed by atoms with Crippen LogP contribution in [0, 0.1) is 6.92 Å². The highest BCUT2D eigenvalue weighted by Crippen LogP contribution is 2.22. The fraction of sp³-hybridized carbons (Fsp3) is 0.455. The van der Waals surface area contributed by atoms with Crippen LogP contribution in [0.15, 0.2) is 18.2 Å². The van der Waals surface area contributed by atoms with Crippen molar-refractivity contribution in [2.75, 3.05) is 25.1 Å². The van der Waals surface area contributed by atoms with Gasteiger partial charge in [-0.2, -0.15) is 0 Å². The minimum Gasteiger partial charge on any atom is -0.396 e. The number of hydrogen-bond acceptors (Lipinski definition) is 2. The lowest BCUT2D eigenvalue weighted by atomic mass is 10.2. The van der Waals surface area contributed by atoms with E-state index in [4.69, 9.17) is 16.7 Å². The average molecular weight is 214 g/mol. The second-order valence-corrected chi connectivity index (χ2v) is 3.87. The van der Waals surface area contributed by atoms with Gasteiger partial charge >= 0.3 is 0 Å². The number of rotatable bonds is 4. The summed E-state index contributed by atoms with van der Waals surface area (Å²) in [6.45, 7) is 3.13. The maximum Gasteiger partial charge on any atom is 0.0447 e. The molecule has 0 aliphatic rings. The van der Waals surface area contributed by atoms with Gasteiger partial charge in [0.25, 0.3) is 0 Å². The summed E-state index contributed by atoms with van der Waals surface area (Å²) in [5.74, 6) is 0. The van der Waals surface area contributed by atoms with E-state index in [0.717, 1.165) is 23.6 Å². The quantitative estimate of drug-likeness (QED) is 0.831. The van der Waals surface area contributed by atoms with Crippen LogP contribution in [-0.4, -0.2) is 25.3 Å². The zero-order valence-corrected chi connectivity index (χ0v) is 9.38. The number of halogens is 1. The molecule has 0 aliphatic heterocycles. The van der Waals surface area contributed by atoms with E-state index in [1.54, 1.807) is 0 Å². The average Bonchev–Trinajstić information content (AvgIpc) is 2.14. The first-order valence-corrected chi connectivity index (χ1v) is 5.11. The van der Waals surface area contributed by atoms with Gasteiger partial charge in [-0.05, 0) is 37.1 Å². The van der Waals surface area contributed by atoms with Gasteiger partial charge in [0, 0.05) is 30.9 Å². The Labute approximate surface area is 90.1 Å². The van der Waals surface area contributed by atoms with Crippen molar-refractivity contribution in [2.45, 2.75) is 13.3 Å². The van der Waals surface area contributed by atoms with Gasteiger partial charge in [-0.25, -0.2) is 0 Å². The number of benzene rings is 1. The molecule has 1 aromatic carbocycles. The second kappa shape index (κ2) is 5.23. The van der Waals surface area contributed by atoms with E-state index < -0.39 is 0 Å². The van der Waals surface area contributed by atoms with Gasteiger partial charge in [-0.3, -0.25) is 0 Å². The molecule has 1 rings (SSSR count). The molecule has 0 aliphatic carbocycles. The predicted octanol–water partition coefficient (Wildman–Crippen LogP) is 2.47. The smallest absolute Gasteiger partial charge is 0.0447 e. The Balaban J connectivity index is 2.74. The number of aryl methyl sites for hydroxylation is 1. The largest absolute Gasteiger partial charge is 0.396 e. The molecule has 0 radical (unpaired) electrons. The van der Waals surface area contributed by atoms with Crippen LogP contribution in [0.4, 0.5) is 5.69 Å². The van der Waals surface area contributed by atoms with Crippen LogP contribution in [0.5, 0.6) is 0 Å². The molecular formula is C11H16ClNO. The van der Waals surface area contributed by atoms with Crippen LogP contribution in [0.25, 0.3) is 0 Å². The van der Waals surface area contributed by atoms with Crippen molar-refractivity contribution in [2.24, 2.45) is 0 Å². The number of aliphatic hydroxyl groups excluding tert-OH is 1. The summed E-state index contributed by atoms with van der Waals surface area (Å²) in [6, 6.07) is 5.85. The van der Waals surface area contributed by atoms with Gasteiger partial charge in [0.1, 0.15) is 0 Å². The van der Waals surface area contributed by atoms with E-state index in [0.29, 0.717) is 0 Å². The summed E-state index contributed by atoms with van der Waals surface area (Å²) < 4.78 is 0. The Morgan fingerprint density at radius 3 is 2.71 bits per heavy atom. The van der Waals surface area contributed by atoms with Gasteiger partial charge in [0.05, 0.1) is 0 Å². The number of aliphatic hydroxyl groups is 1. The van der Waals surface area contributed by atoms with Crippen LogP contribution in [-0.2, 0) is 0 Å². The molecule has 0 saturated heterocycles. The third-order valence-electron chi connectivity index (χ3n) is 2.22. The summed E-state index contributed by atoms with van der Waals surface area (Å²) >= 11 is 5.87. The molecule has 0 heterocycles. The molecule has 0 saturated carbocycles. The highest BCUT2D eigenvalue weighted by atomic mass is 35.5. The Kier molecular flexibility index (Phi) is 4.23. The van der Waals surface area contributed by atoms with Crippen molar-refractivity contribution in [3.63, 3.8) is 0 Å². The minimum absolute atomic E-state index is 0.233. The SMILES string of the molecule is Cc1cc(Cl)ccc1N(C)CCCO. The molecule has 0 aromatic heterocycles. The van der Waals surface area contributed by atoms with Crippen molar-refractivity contribution in [3.05, 3.63) is 28.8 Å². The molecule has 1 N–H and O–H groups in total. The number of anilines is 1. The first kappa shape index (κ1) is 11.3. The highest BCUT2D eigenvalue weighted by molar-refractivity contribution is 6.30. The van der Waals surface area contributed by atoms with Crippen molar-refractivity contribution in [1.82, 2.24) is 0 Å². The molecule has 14 heavy (non-hydrogen) atoms. The molecule has 0 fully saturated rings. The monoisotopic (exact) mass is 213 g/mol. The maximum atomic E-state index is 8.73. The van der Waals surface area contributed by atoms with Crippen LogP contribution in [0.3, 0.4) is 0 Å². The molecule has 0 unspecified atom stereocenters. The predicted molar refractivity (Wildman–Crippen MR) is 61.2 cm³/mol. The van der Waals surface area contributed by atoms with Crippen molar-refractivity contribution >= 4 is 17.3 Å². The van der Waals surface area contributed by atoms with Crippen molar-refractivity contribution < 1.29 is 5.11 Å². The lowest BCUT2D eigenvalue weighted by Gasteiger charge is -2.21. The number of nitrogens with zero attached hydrogens (tertiary/aromatic N) is 1. The topological polar surface area (TPSA) is 23.5 Å². The van der Waals surface area contributed by atoms with Crippen LogP contribution >= 0.6 is 11.6 Å². The summed E-state index contributed by atoms with van der Waals surface area (Å²) in [5.41, 5.74) is 2.33. The fourth-order valence-corrected chi connectivity index (χ4v) is 1.70. The van der Waals surface area contributed by atoms with E-state index in [1.807, 2.05) is 32.2 Å². The minimum atomic E-state index is 0.233. The van der Waals surface area contributed by atoms with Gasteiger partial charge in [-0.15, -0.1) is 0 Å². The molecule has 0 amide bonds. The van der Waals surface area contributed by atoms with E-state index in [2.05, 4.69) is 4.90 Å². The standard InChI is InChI=1S/C11H16ClNO/c1-9-8-10(12)4-5-11(9)13(2)6-3-7-14/h4-5,8,14H,3,6-7H2,1-2H3. The van der Waals surface area contributed by atoms with Crippen LogP contribution in [0.1, 0.15) is 12.0 Å². The highest BCUT2D eigenvalue weighted by Gasteiger charge is 2.03. The van der Waals surface area contributed by atoms with Crippen LogP contribution in [0.2, 0.25) is 5.02 Å². The normalized spacial score (nSPS) is 10.3. The zero-order valence-electron chi connectivity index (χ0n) is 8.63. The molecule has 0 bridgehead atoms. The molecule has 1 aromatic rings. The van der Waals surface area contributed by atoms with E-state index in [1.165, 1.54) is 5.69 Å². The summed E-state index contributed by atoms with van der Waals surface area (Å²) in [4.78, 5) is 2.13. The van der Waals surface area contributed by atoms with E-state index >= 15 is 0 Å². The fourth-order valence-electron chi connectivity index (χ4n) is 1.48. The van der Waals surface area contributed by atoms with E-state index in [-0.39, 0.29) is 6.61 Å². The lowest BCUT2D eigenvalue weighted by Crippen LogP contribution is -2.20. The summed E-state index contributed by atoms with van der Waals surface area (Å²) in [7, 11) is 2.02. The second-order valence-electron chi connectivity index (χ2n) is 3.43. The van der Waals surface area contributed by atoms with Gasteiger partial charge in [0.2, 0.25) is 0 Å². The summed E-state index contributed by atoms with van der Waals surface area (Å²) in [6.07, 6.45) is 0.790. The molecular weight excluding hydrogens is 198 g/mol. The van der Waals surface area contributed by atoms with Crippen molar-refractivity contribution in [1.29, 1.82) is 0 Å². The lowest BCUT2D eigenvalue weighted by molar-refractivity contribution is 0.290. The molecule has 0 atom stereocenters. The molecule has 0 spiro atoms. The first-order valence-electron chi connectivity index (χ1n) is 4.73. The van der Waals surface area contributed by atoms with Gasteiger partial charge in [-0.1, -0.05) is 11.6 Å². The van der Waals surface area contributed by atoms with Gasteiger partial charge in [0.15, 0.2) is 0 Å². The third-order valence-corrected chi connectivity index (χ3v) is 2.46.